The molecular formula is C27H26F3NO4. The Morgan fingerprint density at radius 1 is 1.03 bits per heavy atom. The van der Waals surface area contributed by atoms with Crippen molar-refractivity contribution in [2.24, 2.45) is 0 Å². The highest BCUT2D eigenvalue weighted by atomic mass is 19.4. The summed E-state index contributed by atoms with van der Waals surface area (Å²) >= 11 is 0. The maximum atomic E-state index is 13.1. The van der Waals surface area contributed by atoms with Gasteiger partial charge >= 0.3 is 12.1 Å². The number of hydrogen-bond acceptors (Lipinski definition) is 4. The second-order valence-electron chi connectivity index (χ2n) is 8.44. The summed E-state index contributed by atoms with van der Waals surface area (Å²) in [6, 6.07) is 18.6. The van der Waals surface area contributed by atoms with Crippen LogP contribution in [0, 0.1) is 0 Å². The van der Waals surface area contributed by atoms with Gasteiger partial charge in [-0.15, -0.1) is 0 Å². The minimum absolute atomic E-state index is 0.339. The van der Waals surface area contributed by atoms with Crippen LogP contribution in [-0.2, 0) is 17.6 Å². The minimum atomic E-state index is -4.45. The third-order valence-electron chi connectivity index (χ3n) is 6.21. The van der Waals surface area contributed by atoms with E-state index in [0.717, 1.165) is 17.7 Å². The third-order valence-corrected chi connectivity index (χ3v) is 6.21. The summed E-state index contributed by atoms with van der Waals surface area (Å²) in [4.78, 5) is 13.8. The fourth-order valence-corrected chi connectivity index (χ4v) is 4.50. The summed E-state index contributed by atoms with van der Waals surface area (Å²) in [7, 11) is 1.51. The molecule has 4 rings (SSSR count). The van der Waals surface area contributed by atoms with Gasteiger partial charge in [0, 0.05) is 6.54 Å². The molecule has 1 N–H and O–H groups in total. The normalized spacial score (nSPS) is 17.2. The lowest BCUT2D eigenvalue weighted by Crippen LogP contribution is -2.39. The van der Waals surface area contributed by atoms with E-state index in [1.165, 1.54) is 19.2 Å². The lowest BCUT2D eigenvalue weighted by Gasteiger charge is -2.32. The van der Waals surface area contributed by atoms with Gasteiger partial charge in [0.15, 0.2) is 11.5 Å². The molecule has 1 heterocycles. The summed E-state index contributed by atoms with van der Waals surface area (Å²) in [6.45, 7) is 0.851. The first-order valence-corrected chi connectivity index (χ1v) is 11.3. The zero-order chi connectivity index (χ0) is 25.0. The van der Waals surface area contributed by atoms with Gasteiger partial charge in [0.05, 0.1) is 18.7 Å². The van der Waals surface area contributed by atoms with Crippen molar-refractivity contribution in [3.05, 3.63) is 95.1 Å². The molecular weight excluding hydrogens is 459 g/mol. The molecule has 35 heavy (non-hydrogen) atoms. The number of hydrogen-bond donors (Lipinski definition) is 1. The van der Waals surface area contributed by atoms with Crippen molar-refractivity contribution < 1.29 is 32.5 Å². The van der Waals surface area contributed by atoms with E-state index in [9.17, 15) is 23.1 Å². The number of halogens is 3. The number of carboxylic acids is 1. The standard InChI is InChI=1S/C27H26F3NO4/c1-34-24-16-20(11-14-23(24)35-17-18-6-3-2-4-7-18)25(31-15-5-8-22(31)26(32)33)19-9-12-21(13-10-19)27(28,29)30/h2-4,6-7,9-14,16,22,25H,5,8,15,17H2,1H3,(H,32,33). The van der Waals surface area contributed by atoms with Gasteiger partial charge in [-0.3, -0.25) is 9.69 Å². The van der Waals surface area contributed by atoms with Gasteiger partial charge in [0.1, 0.15) is 12.6 Å². The summed E-state index contributed by atoms with van der Waals surface area (Å²) in [5, 5.41) is 9.77. The van der Waals surface area contributed by atoms with Crippen LogP contribution in [0.4, 0.5) is 13.2 Å². The van der Waals surface area contributed by atoms with Crippen LogP contribution in [0.15, 0.2) is 72.8 Å². The Balaban J connectivity index is 1.69. The van der Waals surface area contributed by atoms with E-state index in [1.807, 2.05) is 41.3 Å². The Kier molecular flexibility index (Phi) is 7.31. The third kappa shape index (κ3) is 5.59. The van der Waals surface area contributed by atoms with Crippen molar-refractivity contribution >= 4 is 5.97 Å². The molecule has 0 radical (unpaired) electrons. The molecule has 1 aliphatic rings. The monoisotopic (exact) mass is 485 g/mol. The van der Waals surface area contributed by atoms with Crippen LogP contribution < -0.4 is 9.47 Å². The molecule has 3 aromatic carbocycles. The number of rotatable bonds is 8. The molecule has 0 aromatic heterocycles. The molecule has 2 atom stereocenters. The fraction of sp³-hybridized carbons (Fsp3) is 0.296. The molecule has 0 aliphatic carbocycles. The Bertz CT molecular complexity index is 1150. The van der Waals surface area contributed by atoms with Gasteiger partial charge in [-0.25, -0.2) is 0 Å². The van der Waals surface area contributed by atoms with Crippen LogP contribution in [0.3, 0.4) is 0 Å². The van der Waals surface area contributed by atoms with Crippen LogP contribution in [0.1, 0.15) is 41.1 Å². The Hall–Kier alpha value is -3.52. The molecule has 0 bridgehead atoms. The van der Waals surface area contributed by atoms with Crippen molar-refractivity contribution in [1.82, 2.24) is 4.90 Å². The molecule has 184 valence electrons. The van der Waals surface area contributed by atoms with Gasteiger partial charge in [0.2, 0.25) is 0 Å². The topological polar surface area (TPSA) is 59.0 Å². The Morgan fingerprint density at radius 2 is 1.71 bits per heavy atom. The first-order valence-electron chi connectivity index (χ1n) is 11.3. The highest BCUT2D eigenvalue weighted by Crippen LogP contribution is 2.40. The first-order chi connectivity index (χ1) is 16.8. The number of benzene rings is 3. The number of carbonyl (C=O) groups is 1. The summed E-state index contributed by atoms with van der Waals surface area (Å²) in [6.07, 6.45) is -3.29. The van der Waals surface area contributed by atoms with Crippen LogP contribution in [-0.4, -0.2) is 35.7 Å². The van der Waals surface area contributed by atoms with Crippen LogP contribution >= 0.6 is 0 Å². The molecule has 2 unspecified atom stereocenters. The van der Waals surface area contributed by atoms with Gasteiger partial charge in [-0.1, -0.05) is 48.5 Å². The Morgan fingerprint density at radius 3 is 2.34 bits per heavy atom. The number of carboxylic acid groups (broad SMARTS) is 1. The zero-order valence-corrected chi connectivity index (χ0v) is 19.2. The average Bonchev–Trinajstić information content (AvgIpc) is 3.33. The number of ether oxygens (including phenoxy) is 2. The number of likely N-dealkylation sites (tertiary alicyclic amines) is 1. The van der Waals surface area contributed by atoms with Gasteiger partial charge in [0.25, 0.3) is 0 Å². The van der Waals surface area contributed by atoms with Gasteiger partial charge in [-0.2, -0.15) is 13.2 Å². The summed E-state index contributed by atoms with van der Waals surface area (Å²) in [5.74, 6) is 0.0260. The van der Waals surface area contributed by atoms with E-state index in [2.05, 4.69) is 0 Å². The van der Waals surface area contributed by atoms with Crippen molar-refractivity contribution in [2.45, 2.75) is 37.7 Å². The molecule has 1 saturated heterocycles. The number of methoxy groups -OCH3 is 1. The van der Waals surface area contributed by atoms with E-state index >= 15 is 0 Å². The Labute approximate surface area is 201 Å². The summed E-state index contributed by atoms with van der Waals surface area (Å²) < 4.78 is 50.9. The fourth-order valence-electron chi connectivity index (χ4n) is 4.50. The quantitative estimate of drug-likeness (QED) is 0.429. The van der Waals surface area contributed by atoms with Crippen molar-refractivity contribution in [3.63, 3.8) is 0 Å². The van der Waals surface area contributed by atoms with E-state index in [0.29, 0.717) is 48.6 Å². The highest BCUT2D eigenvalue weighted by Gasteiger charge is 2.38. The molecule has 5 nitrogen and oxygen atoms in total. The van der Waals surface area contributed by atoms with Gasteiger partial charge < -0.3 is 14.6 Å². The predicted molar refractivity (Wildman–Crippen MR) is 124 cm³/mol. The average molecular weight is 486 g/mol. The second-order valence-corrected chi connectivity index (χ2v) is 8.44. The molecule has 3 aromatic rings. The van der Waals surface area contributed by atoms with Crippen molar-refractivity contribution in [2.75, 3.05) is 13.7 Å². The second kappa shape index (κ2) is 10.4. The SMILES string of the molecule is COc1cc(C(c2ccc(C(F)(F)F)cc2)N2CCCC2C(=O)O)ccc1OCc1ccccc1. The molecule has 0 amide bonds. The smallest absolute Gasteiger partial charge is 0.416 e. The zero-order valence-electron chi connectivity index (χ0n) is 19.2. The summed E-state index contributed by atoms with van der Waals surface area (Å²) in [5.41, 5.74) is 1.52. The maximum Gasteiger partial charge on any atom is 0.416 e. The molecule has 1 fully saturated rings. The molecule has 1 aliphatic heterocycles. The minimum Gasteiger partial charge on any atom is -0.493 e. The van der Waals surface area contributed by atoms with E-state index in [1.54, 1.807) is 12.1 Å². The lowest BCUT2D eigenvalue weighted by atomic mass is 9.95. The molecule has 8 heteroatoms. The maximum absolute atomic E-state index is 13.1. The molecule has 0 saturated carbocycles. The van der Waals surface area contributed by atoms with Crippen LogP contribution in [0.2, 0.25) is 0 Å². The van der Waals surface area contributed by atoms with Crippen molar-refractivity contribution in [1.29, 1.82) is 0 Å². The van der Waals surface area contributed by atoms with E-state index in [4.69, 9.17) is 9.47 Å². The number of aliphatic carboxylic acids is 1. The highest BCUT2D eigenvalue weighted by molar-refractivity contribution is 5.74. The number of nitrogens with zero attached hydrogens (tertiary/aromatic N) is 1. The van der Waals surface area contributed by atoms with Crippen LogP contribution in [0.25, 0.3) is 0 Å². The number of alkyl halides is 3. The first kappa shape index (κ1) is 24.6. The molecule has 0 spiro atoms. The van der Waals surface area contributed by atoms with Crippen molar-refractivity contribution in [3.8, 4) is 11.5 Å². The van der Waals surface area contributed by atoms with Gasteiger partial charge in [-0.05, 0) is 53.8 Å². The lowest BCUT2D eigenvalue weighted by molar-refractivity contribution is -0.142. The van der Waals surface area contributed by atoms with E-state index < -0.39 is 29.8 Å². The predicted octanol–water partition coefficient (Wildman–Crippen LogP) is 5.93. The van der Waals surface area contributed by atoms with Crippen LogP contribution in [0.5, 0.6) is 11.5 Å². The van der Waals surface area contributed by atoms with E-state index in [-0.39, 0.29) is 0 Å². The largest absolute Gasteiger partial charge is 0.493 e.